The molecule has 0 spiro atoms. The van der Waals surface area contributed by atoms with Gasteiger partial charge in [-0.2, -0.15) is 0 Å². The number of guanidine groups is 2. The highest BCUT2D eigenvalue weighted by Crippen LogP contribution is 2.08. The van der Waals surface area contributed by atoms with E-state index in [4.69, 9.17) is 28.7 Å². The van der Waals surface area contributed by atoms with Crippen LogP contribution in [0.25, 0.3) is 0 Å². The number of benzene rings is 1. The Hall–Kier alpha value is -5.19. The van der Waals surface area contributed by atoms with Crippen molar-refractivity contribution in [3.05, 3.63) is 54.1 Å². The number of H-pyrrole nitrogens is 1. The molecular weight excluding hydrogens is 572 g/mol. The van der Waals surface area contributed by atoms with Crippen LogP contribution in [-0.2, 0) is 32.0 Å². The monoisotopic (exact) mass is 614 g/mol. The van der Waals surface area contributed by atoms with E-state index in [9.17, 15) is 24.3 Å². The minimum Gasteiger partial charge on any atom is -0.480 e. The van der Waals surface area contributed by atoms with Crippen molar-refractivity contribution in [2.24, 2.45) is 38.7 Å². The lowest BCUT2D eigenvalue weighted by Crippen LogP contribution is -2.57. The maximum Gasteiger partial charge on any atom is 0.326 e. The number of nitrogens with two attached hydrogens (primary N) is 5. The summed E-state index contributed by atoms with van der Waals surface area (Å²) in [5.41, 5.74) is 28.6. The summed E-state index contributed by atoms with van der Waals surface area (Å²) in [6, 6.07) is 4.32. The van der Waals surface area contributed by atoms with Crippen LogP contribution in [0.4, 0.5) is 0 Å². The van der Waals surface area contributed by atoms with Gasteiger partial charge < -0.3 is 54.7 Å². The van der Waals surface area contributed by atoms with Gasteiger partial charge in [-0.15, -0.1) is 0 Å². The molecule has 3 amide bonds. The molecule has 15 N–H and O–H groups in total. The Morgan fingerprint density at radius 1 is 0.795 bits per heavy atom. The van der Waals surface area contributed by atoms with Crippen molar-refractivity contribution in [1.82, 2.24) is 25.9 Å². The van der Waals surface area contributed by atoms with E-state index in [2.05, 4.69) is 35.9 Å². The number of nitrogens with zero attached hydrogens (tertiary/aromatic N) is 3. The summed E-state index contributed by atoms with van der Waals surface area (Å²) < 4.78 is 0. The van der Waals surface area contributed by atoms with Gasteiger partial charge in [0.15, 0.2) is 11.9 Å². The largest absolute Gasteiger partial charge is 0.480 e. The van der Waals surface area contributed by atoms with Gasteiger partial charge >= 0.3 is 5.97 Å². The van der Waals surface area contributed by atoms with Gasteiger partial charge in [0.05, 0.1) is 12.4 Å². The highest BCUT2D eigenvalue weighted by molar-refractivity contribution is 5.94. The first kappa shape index (κ1) is 35.0. The smallest absolute Gasteiger partial charge is 0.326 e. The number of carbonyl (C=O) groups excluding carboxylic acids is 3. The zero-order valence-corrected chi connectivity index (χ0v) is 24.3. The van der Waals surface area contributed by atoms with E-state index in [1.165, 1.54) is 12.5 Å². The fourth-order valence-corrected chi connectivity index (χ4v) is 4.12. The average molecular weight is 615 g/mol. The molecule has 0 saturated carbocycles. The van der Waals surface area contributed by atoms with Gasteiger partial charge in [-0.1, -0.05) is 30.3 Å². The molecule has 17 heteroatoms. The van der Waals surface area contributed by atoms with Crippen molar-refractivity contribution in [3.63, 3.8) is 0 Å². The third-order valence-electron chi connectivity index (χ3n) is 6.39. The van der Waals surface area contributed by atoms with Crippen molar-refractivity contribution < 1.29 is 24.3 Å². The molecule has 0 bridgehead atoms. The standard InChI is InChI=1S/C27H42N12O5/c28-18(8-4-10-34-26(29)30)22(40)37-19(9-5-11-35-27(31)32)23(41)38-20(12-16-6-2-1-3-7-16)24(42)39-21(25(43)44)13-17-14-33-15-36-17/h1-3,6-7,14-15,18-21H,4-5,8-13,28H2,(H,33,36)(H,37,40)(H,38,41)(H,39,42)(H,43,44)(H4,29,30,34)(H4,31,32,35). The van der Waals surface area contributed by atoms with Crippen molar-refractivity contribution in [1.29, 1.82) is 0 Å². The van der Waals surface area contributed by atoms with E-state index >= 15 is 0 Å². The molecular formula is C27H42N12O5. The lowest BCUT2D eigenvalue weighted by Gasteiger charge is -2.25. The third kappa shape index (κ3) is 13.2. The maximum absolute atomic E-state index is 13.5. The number of aromatic amines is 1. The average Bonchev–Trinajstić information content (AvgIpc) is 3.49. The van der Waals surface area contributed by atoms with Crippen LogP contribution in [0.3, 0.4) is 0 Å². The zero-order chi connectivity index (χ0) is 32.5. The number of hydrogen-bond donors (Lipinski definition) is 10. The van der Waals surface area contributed by atoms with E-state index in [0.29, 0.717) is 24.1 Å². The summed E-state index contributed by atoms with van der Waals surface area (Å²) >= 11 is 0. The van der Waals surface area contributed by atoms with Crippen molar-refractivity contribution >= 4 is 35.6 Å². The summed E-state index contributed by atoms with van der Waals surface area (Å²) in [4.78, 5) is 66.2. The Kier molecular flexibility index (Phi) is 14.6. The number of amides is 3. The Balaban J connectivity index is 2.21. The zero-order valence-electron chi connectivity index (χ0n) is 24.3. The van der Waals surface area contributed by atoms with Gasteiger partial charge in [-0.05, 0) is 31.2 Å². The topological polar surface area (TPSA) is 308 Å². The van der Waals surface area contributed by atoms with E-state index < -0.39 is 47.9 Å². The van der Waals surface area contributed by atoms with Crippen LogP contribution in [0.1, 0.15) is 36.9 Å². The van der Waals surface area contributed by atoms with Gasteiger partial charge in [0.2, 0.25) is 17.7 Å². The molecule has 0 fully saturated rings. The lowest BCUT2D eigenvalue weighted by molar-refractivity contribution is -0.142. The van der Waals surface area contributed by atoms with Gasteiger partial charge in [-0.3, -0.25) is 24.4 Å². The fourth-order valence-electron chi connectivity index (χ4n) is 4.12. The predicted molar refractivity (Wildman–Crippen MR) is 164 cm³/mol. The van der Waals surface area contributed by atoms with Crippen molar-refractivity contribution in [2.45, 2.75) is 62.7 Å². The SMILES string of the molecule is NC(N)=NCCCC(N)C(=O)NC(CCCN=C(N)N)C(=O)NC(Cc1ccccc1)C(=O)NC(Cc1cnc[nH]1)C(=O)O. The number of hydrogen-bond acceptors (Lipinski definition) is 8. The second-order valence-corrected chi connectivity index (χ2v) is 10.00. The Bertz CT molecular complexity index is 1260. The second kappa shape index (κ2) is 18.4. The van der Waals surface area contributed by atoms with Gasteiger partial charge in [0.1, 0.15) is 18.1 Å². The molecule has 2 aromatic rings. The number of carbonyl (C=O) groups is 4. The summed E-state index contributed by atoms with van der Waals surface area (Å²) in [6.07, 6.45) is 3.94. The predicted octanol–water partition coefficient (Wildman–Crippen LogP) is -2.83. The van der Waals surface area contributed by atoms with Gasteiger partial charge in [-0.25, -0.2) is 9.78 Å². The molecule has 44 heavy (non-hydrogen) atoms. The summed E-state index contributed by atoms with van der Waals surface area (Å²) in [6.45, 7) is 0.466. The number of aliphatic carboxylic acids is 1. The minimum atomic E-state index is -1.30. The van der Waals surface area contributed by atoms with Crippen LogP contribution < -0.4 is 44.6 Å². The first-order valence-corrected chi connectivity index (χ1v) is 14.0. The number of carboxylic acids is 1. The number of imidazole rings is 1. The molecule has 1 heterocycles. The Labute approximate surface area is 254 Å². The van der Waals surface area contributed by atoms with E-state index in [1.54, 1.807) is 30.3 Å². The fraction of sp³-hybridized carbons (Fsp3) is 0.444. The third-order valence-corrected chi connectivity index (χ3v) is 6.39. The molecule has 4 atom stereocenters. The summed E-state index contributed by atoms with van der Waals surface area (Å²) in [5.74, 6) is -3.46. The van der Waals surface area contributed by atoms with Crippen molar-refractivity contribution in [2.75, 3.05) is 13.1 Å². The number of aromatic nitrogens is 2. The highest BCUT2D eigenvalue weighted by atomic mass is 16.4. The molecule has 0 radical (unpaired) electrons. The molecule has 4 unspecified atom stereocenters. The number of carboxylic acid groups (broad SMARTS) is 1. The second-order valence-electron chi connectivity index (χ2n) is 10.00. The molecule has 1 aromatic carbocycles. The molecule has 0 aliphatic rings. The first-order valence-electron chi connectivity index (χ1n) is 14.0. The number of nitrogens with one attached hydrogen (secondary N) is 4. The molecule has 0 aliphatic heterocycles. The van der Waals surface area contributed by atoms with Gasteiger partial charge in [0.25, 0.3) is 0 Å². The quantitative estimate of drug-likeness (QED) is 0.0436. The van der Waals surface area contributed by atoms with Crippen LogP contribution in [-0.4, -0.2) is 87.9 Å². The van der Waals surface area contributed by atoms with E-state index in [1.807, 2.05) is 0 Å². The van der Waals surface area contributed by atoms with Crippen LogP contribution in [0, 0.1) is 0 Å². The van der Waals surface area contributed by atoms with Crippen molar-refractivity contribution in [3.8, 4) is 0 Å². The highest BCUT2D eigenvalue weighted by Gasteiger charge is 2.30. The molecule has 0 aliphatic carbocycles. The molecule has 240 valence electrons. The van der Waals surface area contributed by atoms with Crippen LogP contribution in [0.15, 0.2) is 52.8 Å². The van der Waals surface area contributed by atoms with Gasteiger partial charge in [0, 0.05) is 37.8 Å². The Morgan fingerprint density at radius 2 is 1.36 bits per heavy atom. The number of aliphatic imine (C=N–C) groups is 2. The maximum atomic E-state index is 13.5. The van der Waals surface area contributed by atoms with E-state index in [-0.39, 0.29) is 50.7 Å². The van der Waals surface area contributed by atoms with Crippen LogP contribution >= 0.6 is 0 Å². The van der Waals surface area contributed by atoms with E-state index in [0.717, 1.165) is 0 Å². The van der Waals surface area contributed by atoms with Crippen LogP contribution in [0.2, 0.25) is 0 Å². The summed E-state index contributed by atoms with van der Waals surface area (Å²) in [7, 11) is 0. The number of rotatable bonds is 19. The normalized spacial score (nSPS) is 13.4. The summed E-state index contributed by atoms with van der Waals surface area (Å²) in [5, 5.41) is 17.6. The minimum absolute atomic E-state index is 0.0494. The molecule has 17 nitrogen and oxygen atoms in total. The molecule has 0 saturated heterocycles. The first-order chi connectivity index (χ1) is 21.0. The molecule has 2 rings (SSSR count). The van der Waals surface area contributed by atoms with Crippen LogP contribution in [0.5, 0.6) is 0 Å². The Morgan fingerprint density at radius 3 is 1.93 bits per heavy atom. The molecule has 1 aromatic heterocycles. The lowest BCUT2D eigenvalue weighted by atomic mass is 10.0.